The average molecular weight is 380 g/mol. The van der Waals surface area contributed by atoms with Gasteiger partial charge in [-0.25, -0.2) is 9.97 Å². The monoisotopic (exact) mass is 380 g/mol. The molecule has 0 unspecified atom stereocenters. The molecule has 4 rings (SSSR count). The van der Waals surface area contributed by atoms with Crippen molar-refractivity contribution in [2.45, 2.75) is 38.8 Å². The Morgan fingerprint density at radius 2 is 2.18 bits per heavy atom. The van der Waals surface area contributed by atoms with E-state index in [1.807, 2.05) is 19.1 Å². The second-order valence-corrected chi connectivity index (χ2v) is 7.15. The van der Waals surface area contributed by atoms with Gasteiger partial charge in [0.1, 0.15) is 17.5 Å². The first-order chi connectivity index (χ1) is 13.7. The number of hydrogen-bond donors (Lipinski definition) is 3. The van der Waals surface area contributed by atoms with E-state index in [1.54, 1.807) is 29.4 Å². The van der Waals surface area contributed by atoms with Crippen LogP contribution in [-0.2, 0) is 6.54 Å². The Morgan fingerprint density at radius 3 is 2.89 bits per heavy atom. The summed E-state index contributed by atoms with van der Waals surface area (Å²) in [5.41, 5.74) is -0.0576. The number of fused-ring (bicyclic) bond motifs is 1. The third-order valence-electron chi connectivity index (χ3n) is 5.26. The lowest BCUT2D eigenvalue weighted by Crippen LogP contribution is -2.23. The minimum atomic E-state index is -0.0576. The SMILES string of the molecule is CCn1ccc2cc(Nc3cnccn3)nc(N[C@H]3CC[C@@H](CO)C3)c2c1=O. The first-order valence-corrected chi connectivity index (χ1v) is 9.62. The normalized spacial score (nSPS) is 19.1. The van der Waals surface area contributed by atoms with Crippen LogP contribution in [0.3, 0.4) is 0 Å². The van der Waals surface area contributed by atoms with Crippen molar-refractivity contribution in [3.05, 3.63) is 47.3 Å². The molecule has 28 heavy (non-hydrogen) atoms. The van der Waals surface area contributed by atoms with Gasteiger partial charge in [-0.1, -0.05) is 0 Å². The van der Waals surface area contributed by atoms with E-state index in [-0.39, 0.29) is 18.2 Å². The first-order valence-electron chi connectivity index (χ1n) is 9.62. The number of nitrogens with zero attached hydrogens (tertiary/aromatic N) is 4. The van der Waals surface area contributed by atoms with E-state index in [0.29, 0.717) is 35.3 Å². The smallest absolute Gasteiger partial charge is 0.262 e. The number of aromatic nitrogens is 4. The molecule has 0 aliphatic heterocycles. The van der Waals surface area contributed by atoms with Crippen LogP contribution in [0.5, 0.6) is 0 Å². The van der Waals surface area contributed by atoms with E-state index in [1.165, 1.54) is 0 Å². The van der Waals surface area contributed by atoms with Gasteiger partial charge in [0.2, 0.25) is 0 Å². The highest BCUT2D eigenvalue weighted by atomic mass is 16.3. The van der Waals surface area contributed by atoms with Crippen LogP contribution in [0.15, 0.2) is 41.7 Å². The third-order valence-corrected chi connectivity index (χ3v) is 5.26. The van der Waals surface area contributed by atoms with Crippen molar-refractivity contribution in [2.75, 3.05) is 17.2 Å². The predicted molar refractivity (Wildman–Crippen MR) is 109 cm³/mol. The average Bonchev–Trinajstić information content (AvgIpc) is 3.16. The van der Waals surface area contributed by atoms with Crippen LogP contribution in [-0.4, -0.2) is 37.3 Å². The summed E-state index contributed by atoms with van der Waals surface area (Å²) in [5.74, 6) is 2.06. The molecule has 3 heterocycles. The molecule has 1 aliphatic carbocycles. The van der Waals surface area contributed by atoms with Crippen LogP contribution in [0.25, 0.3) is 10.8 Å². The number of aliphatic hydroxyl groups excluding tert-OH is 1. The molecule has 0 bridgehead atoms. The molecule has 1 fully saturated rings. The van der Waals surface area contributed by atoms with Gasteiger partial charge in [-0.15, -0.1) is 0 Å². The van der Waals surface area contributed by atoms with Crippen LogP contribution < -0.4 is 16.2 Å². The zero-order valence-electron chi connectivity index (χ0n) is 15.8. The third kappa shape index (κ3) is 3.68. The molecule has 8 nitrogen and oxygen atoms in total. The summed E-state index contributed by atoms with van der Waals surface area (Å²) in [5, 5.41) is 17.4. The Bertz CT molecular complexity index is 1020. The molecule has 0 saturated heterocycles. The molecule has 8 heteroatoms. The number of aliphatic hydroxyl groups is 1. The van der Waals surface area contributed by atoms with Crippen LogP contribution in [0.2, 0.25) is 0 Å². The Hall–Kier alpha value is -3.00. The van der Waals surface area contributed by atoms with Gasteiger partial charge in [0.15, 0.2) is 0 Å². The summed E-state index contributed by atoms with van der Waals surface area (Å²) in [7, 11) is 0. The maximum absolute atomic E-state index is 12.9. The standard InChI is InChI=1S/C20H24N6O2/c1-2-26-8-5-14-10-16(24-17-11-21-6-7-22-17)25-19(18(14)20(26)28)23-15-4-3-13(9-15)12-27/h5-8,10-11,13,15,27H,2-4,9,12H2,1H3,(H2,22,23,24,25)/t13-,15+/m1/s1. The number of hydrogen-bond acceptors (Lipinski definition) is 7. The summed E-state index contributed by atoms with van der Waals surface area (Å²) < 4.78 is 1.68. The molecule has 146 valence electrons. The fourth-order valence-corrected chi connectivity index (χ4v) is 3.78. The van der Waals surface area contributed by atoms with E-state index >= 15 is 0 Å². The minimum Gasteiger partial charge on any atom is -0.396 e. The van der Waals surface area contributed by atoms with E-state index in [2.05, 4.69) is 25.6 Å². The number of rotatable bonds is 6. The minimum absolute atomic E-state index is 0.0576. The van der Waals surface area contributed by atoms with Crippen molar-refractivity contribution in [2.24, 2.45) is 5.92 Å². The zero-order valence-corrected chi connectivity index (χ0v) is 15.8. The van der Waals surface area contributed by atoms with Crippen LogP contribution in [0.1, 0.15) is 26.2 Å². The number of nitrogens with one attached hydrogen (secondary N) is 2. The summed E-state index contributed by atoms with van der Waals surface area (Å²) in [6, 6.07) is 3.97. The number of anilines is 3. The van der Waals surface area contributed by atoms with Gasteiger partial charge in [-0.3, -0.25) is 9.78 Å². The molecule has 3 aromatic heterocycles. The molecule has 1 saturated carbocycles. The fraction of sp³-hybridized carbons (Fsp3) is 0.400. The summed E-state index contributed by atoms with van der Waals surface area (Å²) in [6.07, 6.45) is 9.44. The molecule has 1 aliphatic rings. The van der Waals surface area contributed by atoms with Gasteiger partial charge in [-0.05, 0) is 49.6 Å². The molecule has 0 radical (unpaired) electrons. The zero-order chi connectivity index (χ0) is 19.5. The van der Waals surface area contributed by atoms with Crippen molar-refractivity contribution in [3.8, 4) is 0 Å². The quantitative estimate of drug-likeness (QED) is 0.603. The van der Waals surface area contributed by atoms with Gasteiger partial charge < -0.3 is 20.3 Å². The van der Waals surface area contributed by atoms with Gasteiger partial charge in [-0.2, -0.15) is 0 Å². The van der Waals surface area contributed by atoms with E-state index in [9.17, 15) is 9.90 Å². The van der Waals surface area contributed by atoms with E-state index < -0.39 is 0 Å². The van der Waals surface area contributed by atoms with Crippen LogP contribution in [0.4, 0.5) is 17.5 Å². The topological polar surface area (TPSA) is 105 Å². The highest BCUT2D eigenvalue weighted by Gasteiger charge is 2.25. The van der Waals surface area contributed by atoms with Gasteiger partial charge >= 0.3 is 0 Å². The molecule has 3 aromatic rings. The Balaban J connectivity index is 1.75. The van der Waals surface area contributed by atoms with E-state index in [4.69, 9.17) is 0 Å². The van der Waals surface area contributed by atoms with Gasteiger partial charge in [0.25, 0.3) is 5.56 Å². The maximum Gasteiger partial charge on any atom is 0.262 e. The maximum atomic E-state index is 12.9. The van der Waals surface area contributed by atoms with Crippen molar-refractivity contribution in [1.82, 2.24) is 19.5 Å². The second-order valence-electron chi connectivity index (χ2n) is 7.15. The number of aryl methyl sites for hydroxylation is 1. The summed E-state index contributed by atoms with van der Waals surface area (Å²) >= 11 is 0. The highest BCUT2D eigenvalue weighted by Crippen LogP contribution is 2.30. The lowest BCUT2D eigenvalue weighted by atomic mass is 10.1. The Morgan fingerprint density at radius 1 is 1.29 bits per heavy atom. The number of pyridine rings is 2. The summed E-state index contributed by atoms with van der Waals surface area (Å²) in [4.78, 5) is 25.9. The molecule has 0 spiro atoms. The lowest BCUT2D eigenvalue weighted by Gasteiger charge is -2.17. The predicted octanol–water partition coefficient (Wildman–Crippen LogP) is 2.52. The molecular weight excluding hydrogens is 356 g/mol. The first kappa shape index (κ1) is 18.4. The van der Waals surface area contributed by atoms with Crippen LogP contribution >= 0.6 is 0 Å². The van der Waals surface area contributed by atoms with E-state index in [0.717, 1.165) is 24.6 Å². The van der Waals surface area contributed by atoms with Crippen LogP contribution in [0, 0.1) is 5.92 Å². The van der Waals surface area contributed by atoms with Crippen molar-refractivity contribution >= 4 is 28.2 Å². The molecule has 0 amide bonds. The molecular formula is C20H24N6O2. The van der Waals surface area contributed by atoms with Crippen molar-refractivity contribution < 1.29 is 5.11 Å². The second kappa shape index (κ2) is 7.93. The Kier molecular flexibility index (Phi) is 5.21. The molecule has 2 atom stereocenters. The molecule has 0 aromatic carbocycles. The lowest BCUT2D eigenvalue weighted by molar-refractivity contribution is 0.229. The fourth-order valence-electron chi connectivity index (χ4n) is 3.78. The molecule has 3 N–H and O–H groups in total. The van der Waals surface area contributed by atoms with Crippen molar-refractivity contribution in [3.63, 3.8) is 0 Å². The summed E-state index contributed by atoms with van der Waals surface area (Å²) in [6.45, 7) is 2.74. The van der Waals surface area contributed by atoms with Gasteiger partial charge in [0, 0.05) is 37.8 Å². The Labute approximate surface area is 162 Å². The largest absolute Gasteiger partial charge is 0.396 e. The highest BCUT2D eigenvalue weighted by molar-refractivity contribution is 5.93. The van der Waals surface area contributed by atoms with Crippen molar-refractivity contribution in [1.29, 1.82) is 0 Å². The van der Waals surface area contributed by atoms with Gasteiger partial charge in [0.05, 0.1) is 11.6 Å².